The van der Waals surface area contributed by atoms with Crippen LogP contribution in [0.5, 0.6) is 0 Å². The summed E-state index contributed by atoms with van der Waals surface area (Å²) in [5.74, 6) is 0.293. The average molecular weight is 494 g/mol. The molecular weight excluding hydrogens is 468 g/mol. The Balaban J connectivity index is 0.00000338. The van der Waals surface area contributed by atoms with Gasteiger partial charge in [-0.1, -0.05) is 0 Å². The number of nitrogens with zero attached hydrogens (tertiary/aromatic N) is 3. The van der Waals surface area contributed by atoms with E-state index in [1.165, 1.54) is 0 Å². The minimum Gasteiger partial charge on any atom is -0.382 e. The molecule has 11 heteroatoms. The topological polar surface area (TPSA) is 77.4 Å². The van der Waals surface area contributed by atoms with Crippen LogP contribution in [0.25, 0.3) is 0 Å². The van der Waals surface area contributed by atoms with Crippen LogP contribution in [0, 0.1) is 0 Å². The van der Waals surface area contributed by atoms with Gasteiger partial charge in [0.15, 0.2) is 12.1 Å². The van der Waals surface area contributed by atoms with Crippen LogP contribution in [0.15, 0.2) is 4.99 Å². The van der Waals surface area contributed by atoms with Gasteiger partial charge in [-0.2, -0.15) is 13.2 Å². The van der Waals surface area contributed by atoms with Crippen LogP contribution in [0.1, 0.15) is 19.8 Å². The average Bonchev–Trinajstić information content (AvgIpc) is 3.11. The predicted molar refractivity (Wildman–Crippen MR) is 101 cm³/mol. The van der Waals surface area contributed by atoms with Gasteiger partial charge < -0.3 is 25.0 Å². The lowest BCUT2D eigenvalue weighted by Gasteiger charge is -2.37. The molecule has 2 fully saturated rings. The molecule has 2 unspecified atom stereocenters. The molecule has 2 atom stereocenters. The van der Waals surface area contributed by atoms with E-state index in [1.54, 1.807) is 9.80 Å². The van der Waals surface area contributed by atoms with E-state index < -0.39 is 18.8 Å². The molecular formula is C15H26F3IN4O3. The van der Waals surface area contributed by atoms with Gasteiger partial charge in [-0.3, -0.25) is 9.79 Å². The maximum absolute atomic E-state index is 12.4. The van der Waals surface area contributed by atoms with Crippen LogP contribution < -0.4 is 5.32 Å². The van der Waals surface area contributed by atoms with Gasteiger partial charge in [-0.05, 0) is 19.8 Å². The Bertz CT molecular complexity index is 479. The molecule has 2 heterocycles. The zero-order valence-electron chi connectivity index (χ0n) is 14.7. The van der Waals surface area contributed by atoms with Crippen molar-refractivity contribution in [2.45, 2.75) is 38.1 Å². The first kappa shape index (κ1) is 23.2. The summed E-state index contributed by atoms with van der Waals surface area (Å²) < 4.78 is 42.6. The van der Waals surface area contributed by atoms with Crippen molar-refractivity contribution in [3.8, 4) is 0 Å². The van der Waals surface area contributed by atoms with Gasteiger partial charge in [-0.25, -0.2) is 0 Å². The number of ether oxygens (including phenoxy) is 1. The lowest BCUT2D eigenvalue weighted by molar-refractivity contribution is -0.199. The van der Waals surface area contributed by atoms with E-state index in [0.717, 1.165) is 12.8 Å². The highest BCUT2D eigenvalue weighted by Crippen LogP contribution is 2.20. The summed E-state index contributed by atoms with van der Waals surface area (Å²) >= 11 is 0. The standard InChI is InChI=1S/C15H25F3N4O3.HI/c1-2-19-14(20-10-12(23)15(16,17)18)22-7-5-21(6-8-22)13(24)11-4-3-9-25-11;/h11-12,23H,2-10H2,1H3,(H,19,20);1H. The third-order valence-corrected chi connectivity index (χ3v) is 4.22. The normalized spacial score (nSPS) is 22.8. The Kier molecular flexibility index (Phi) is 9.38. The largest absolute Gasteiger partial charge is 0.416 e. The SMILES string of the molecule is CCNC(=NCC(O)C(F)(F)F)N1CCN(C(=O)C2CCCO2)CC1.I. The minimum atomic E-state index is -4.69. The van der Waals surface area contributed by atoms with Gasteiger partial charge in [0.05, 0.1) is 6.54 Å². The zero-order valence-corrected chi connectivity index (χ0v) is 17.0. The van der Waals surface area contributed by atoms with Crippen molar-refractivity contribution in [2.75, 3.05) is 45.9 Å². The number of guanidine groups is 1. The molecule has 2 aliphatic rings. The first-order valence-corrected chi connectivity index (χ1v) is 8.51. The van der Waals surface area contributed by atoms with Crippen LogP contribution in [0.3, 0.4) is 0 Å². The molecule has 2 rings (SSSR count). The lowest BCUT2D eigenvalue weighted by Crippen LogP contribution is -2.55. The number of aliphatic hydroxyl groups excluding tert-OH is 1. The molecule has 0 saturated carbocycles. The zero-order chi connectivity index (χ0) is 18.4. The minimum absolute atomic E-state index is 0. The van der Waals surface area contributed by atoms with E-state index in [1.807, 2.05) is 6.92 Å². The summed E-state index contributed by atoms with van der Waals surface area (Å²) in [4.78, 5) is 19.7. The molecule has 26 heavy (non-hydrogen) atoms. The number of aliphatic hydroxyl groups is 1. The molecule has 2 saturated heterocycles. The van der Waals surface area contributed by atoms with Crippen molar-refractivity contribution in [1.29, 1.82) is 0 Å². The summed E-state index contributed by atoms with van der Waals surface area (Å²) in [6.07, 6.45) is -5.92. The Morgan fingerprint density at radius 2 is 1.92 bits per heavy atom. The van der Waals surface area contributed by atoms with Gasteiger partial charge in [0.2, 0.25) is 0 Å². The summed E-state index contributed by atoms with van der Waals surface area (Å²) in [5, 5.41) is 12.0. The predicted octanol–water partition coefficient (Wildman–Crippen LogP) is 0.816. The number of amides is 1. The number of carbonyl (C=O) groups is 1. The van der Waals surface area contributed by atoms with Crippen LogP contribution >= 0.6 is 24.0 Å². The van der Waals surface area contributed by atoms with Gasteiger partial charge in [0.25, 0.3) is 5.91 Å². The number of nitrogens with one attached hydrogen (secondary N) is 1. The first-order valence-electron chi connectivity index (χ1n) is 8.51. The quantitative estimate of drug-likeness (QED) is 0.344. The second kappa shape index (κ2) is 10.5. The van der Waals surface area contributed by atoms with Crippen molar-refractivity contribution in [3.63, 3.8) is 0 Å². The van der Waals surface area contributed by atoms with Crippen LogP contribution in [0.2, 0.25) is 0 Å². The van der Waals surface area contributed by atoms with Gasteiger partial charge in [0, 0.05) is 39.3 Å². The third kappa shape index (κ3) is 6.41. The number of hydrogen-bond donors (Lipinski definition) is 2. The molecule has 7 nitrogen and oxygen atoms in total. The second-order valence-electron chi connectivity index (χ2n) is 6.07. The molecule has 0 aromatic heterocycles. The van der Waals surface area contributed by atoms with E-state index >= 15 is 0 Å². The van der Waals surface area contributed by atoms with Gasteiger partial charge in [-0.15, -0.1) is 24.0 Å². The van der Waals surface area contributed by atoms with E-state index in [-0.39, 0.29) is 36.0 Å². The Morgan fingerprint density at radius 1 is 1.31 bits per heavy atom. The maximum atomic E-state index is 12.4. The molecule has 0 bridgehead atoms. The van der Waals surface area contributed by atoms with Crippen molar-refractivity contribution >= 4 is 35.8 Å². The number of halogens is 4. The van der Waals surface area contributed by atoms with E-state index in [4.69, 9.17) is 9.84 Å². The fourth-order valence-electron chi connectivity index (χ4n) is 2.82. The van der Waals surface area contributed by atoms with Crippen molar-refractivity contribution in [3.05, 3.63) is 0 Å². The van der Waals surface area contributed by atoms with Crippen molar-refractivity contribution in [2.24, 2.45) is 4.99 Å². The summed E-state index contributed by atoms with van der Waals surface area (Å²) in [5.41, 5.74) is 0. The number of carbonyl (C=O) groups excluding carboxylic acids is 1. The number of hydrogen-bond acceptors (Lipinski definition) is 4. The molecule has 0 aromatic rings. The Hall–Kier alpha value is -0.820. The van der Waals surface area contributed by atoms with Crippen molar-refractivity contribution in [1.82, 2.24) is 15.1 Å². The fraction of sp³-hybridized carbons (Fsp3) is 0.867. The number of rotatable bonds is 4. The fourth-order valence-corrected chi connectivity index (χ4v) is 2.82. The van der Waals surface area contributed by atoms with E-state index in [2.05, 4.69) is 10.3 Å². The first-order chi connectivity index (χ1) is 11.8. The van der Waals surface area contributed by atoms with E-state index in [0.29, 0.717) is 45.3 Å². The third-order valence-electron chi connectivity index (χ3n) is 4.22. The van der Waals surface area contributed by atoms with Crippen LogP contribution in [-0.2, 0) is 9.53 Å². The monoisotopic (exact) mass is 494 g/mol. The number of aliphatic imine (C=N–C) groups is 1. The van der Waals surface area contributed by atoms with Crippen LogP contribution in [0.4, 0.5) is 13.2 Å². The van der Waals surface area contributed by atoms with Crippen LogP contribution in [-0.4, -0.2) is 91.0 Å². The molecule has 0 radical (unpaired) electrons. The molecule has 2 aliphatic heterocycles. The number of alkyl halides is 3. The Morgan fingerprint density at radius 3 is 2.42 bits per heavy atom. The molecule has 0 aliphatic carbocycles. The Labute approximate surface area is 168 Å². The smallest absolute Gasteiger partial charge is 0.382 e. The molecule has 0 spiro atoms. The summed E-state index contributed by atoms with van der Waals surface area (Å²) in [7, 11) is 0. The highest BCUT2D eigenvalue weighted by Gasteiger charge is 2.38. The summed E-state index contributed by atoms with van der Waals surface area (Å²) in [6, 6.07) is 0. The lowest BCUT2D eigenvalue weighted by atomic mass is 10.2. The number of piperazine rings is 1. The summed E-state index contributed by atoms with van der Waals surface area (Å²) in [6.45, 7) is 4.02. The highest BCUT2D eigenvalue weighted by atomic mass is 127. The molecule has 152 valence electrons. The van der Waals surface area contributed by atoms with Gasteiger partial charge in [0.1, 0.15) is 6.10 Å². The highest BCUT2D eigenvalue weighted by molar-refractivity contribution is 14.0. The molecule has 1 amide bonds. The van der Waals surface area contributed by atoms with Gasteiger partial charge >= 0.3 is 6.18 Å². The molecule has 2 N–H and O–H groups in total. The molecule has 0 aromatic carbocycles. The van der Waals surface area contributed by atoms with E-state index in [9.17, 15) is 18.0 Å². The van der Waals surface area contributed by atoms with Crippen molar-refractivity contribution < 1.29 is 27.8 Å². The second-order valence-corrected chi connectivity index (χ2v) is 6.07. The maximum Gasteiger partial charge on any atom is 0.416 e.